The van der Waals surface area contributed by atoms with Gasteiger partial charge in [0.15, 0.2) is 0 Å². The second-order valence-electron chi connectivity index (χ2n) is 7.71. The minimum Gasteiger partial charge on any atom is -0.507 e. The van der Waals surface area contributed by atoms with Crippen molar-refractivity contribution in [2.24, 2.45) is 5.41 Å². The third kappa shape index (κ3) is 5.79. The van der Waals surface area contributed by atoms with Gasteiger partial charge in [-0.25, -0.2) is 8.42 Å². The minimum atomic E-state index is -3.66. The average Bonchev–Trinajstić information content (AvgIpc) is 2.70. The lowest BCUT2D eigenvalue weighted by atomic mass is 9.91. The number of anilines is 1. The van der Waals surface area contributed by atoms with Crippen LogP contribution in [-0.2, 0) is 14.8 Å². The highest BCUT2D eigenvalue weighted by Gasteiger charge is 2.22. The Kier molecular flexibility index (Phi) is 7.21. The van der Waals surface area contributed by atoms with Crippen molar-refractivity contribution in [2.75, 3.05) is 11.4 Å². The molecule has 0 aliphatic heterocycles. The Balaban J connectivity index is 0.000000343. The fourth-order valence-corrected chi connectivity index (χ4v) is 3.44. The summed E-state index contributed by atoms with van der Waals surface area (Å²) in [5, 5.41) is 11.1. The van der Waals surface area contributed by atoms with Gasteiger partial charge in [-0.2, -0.15) is 0 Å². The van der Waals surface area contributed by atoms with E-state index in [1.807, 2.05) is 19.1 Å². The lowest BCUT2D eigenvalue weighted by molar-refractivity contribution is -0.125. The van der Waals surface area contributed by atoms with E-state index in [9.17, 15) is 22.7 Å². The van der Waals surface area contributed by atoms with Gasteiger partial charge in [-0.1, -0.05) is 43.7 Å². The van der Waals surface area contributed by atoms with Gasteiger partial charge in [0, 0.05) is 11.1 Å². The number of Topliss-reactive ketones (excluding diaryl/α,β-unsaturated/α-hetero) is 1. The number of phenols is 1. The van der Waals surface area contributed by atoms with E-state index in [1.165, 1.54) is 13.0 Å². The first-order valence-electron chi connectivity index (χ1n) is 9.34. The molecule has 0 radical (unpaired) electrons. The topological polar surface area (TPSA) is 83.5 Å². The predicted octanol–water partition coefficient (Wildman–Crippen LogP) is 5.23. The van der Waals surface area contributed by atoms with Gasteiger partial charge in [-0.15, -0.1) is 0 Å². The molecule has 0 aliphatic carbocycles. The zero-order valence-corrected chi connectivity index (χ0v) is 18.3. The highest BCUT2D eigenvalue weighted by Crippen LogP contribution is 2.27. The van der Waals surface area contributed by atoms with Crippen LogP contribution in [0.15, 0.2) is 65.6 Å². The molecule has 0 amide bonds. The summed E-state index contributed by atoms with van der Waals surface area (Å²) >= 11 is 0. The number of ketones is 1. The molecule has 0 unspecified atom stereocenters. The maximum absolute atomic E-state index is 12.4. The van der Waals surface area contributed by atoms with Crippen LogP contribution < -0.4 is 4.72 Å². The van der Waals surface area contributed by atoms with Crippen molar-refractivity contribution in [2.45, 2.75) is 32.6 Å². The monoisotopic (exact) mass is 431 g/mol. The smallest absolute Gasteiger partial charge is 0.261 e. The molecule has 3 aromatic rings. The van der Waals surface area contributed by atoms with E-state index in [4.69, 9.17) is 0 Å². The van der Waals surface area contributed by atoms with Gasteiger partial charge >= 0.3 is 0 Å². The molecule has 0 aliphatic rings. The molecule has 0 heterocycles. The van der Waals surface area contributed by atoms with Crippen LogP contribution in [0.25, 0.3) is 10.8 Å². The van der Waals surface area contributed by atoms with E-state index in [0.29, 0.717) is 16.5 Å². The number of aryl methyl sites for hydroxylation is 1. The quantitative estimate of drug-likeness (QED) is 0.580. The minimum absolute atomic E-state index is 0.0972. The van der Waals surface area contributed by atoms with Gasteiger partial charge in [0.1, 0.15) is 18.2 Å². The highest BCUT2D eigenvalue weighted by atomic mass is 32.2. The molecule has 3 rings (SSSR count). The number of carbonyl (C=O) groups is 1. The lowest BCUT2D eigenvalue weighted by Crippen LogP contribution is -2.23. The molecule has 2 N–H and O–H groups in total. The molecule has 0 aromatic heterocycles. The number of halogens is 1. The van der Waals surface area contributed by atoms with Crippen LogP contribution in [0.1, 0.15) is 26.3 Å². The largest absolute Gasteiger partial charge is 0.507 e. The number of nitrogens with one attached hydrogen (secondary N) is 1. The van der Waals surface area contributed by atoms with Crippen molar-refractivity contribution in [1.82, 2.24) is 0 Å². The van der Waals surface area contributed by atoms with E-state index < -0.39 is 22.1 Å². The number of benzene rings is 3. The SMILES string of the molecule is CC(=O)C(C)(C)CF.Cc1ccc(NS(=O)(=O)c2ccc3c(O)cccc3c2)cc1. The molecule has 5 nitrogen and oxygen atoms in total. The molecule has 0 bridgehead atoms. The summed E-state index contributed by atoms with van der Waals surface area (Å²) in [5.74, 6) is 0.0351. The van der Waals surface area contributed by atoms with E-state index >= 15 is 0 Å². The van der Waals surface area contributed by atoms with Gasteiger partial charge in [0.25, 0.3) is 10.0 Å². The summed E-state index contributed by atoms with van der Waals surface area (Å²) in [6, 6.07) is 16.8. The molecule has 0 atom stereocenters. The standard InChI is InChI=1S/C17H15NO3S.C6H11FO/c1-12-5-7-14(8-6-12)18-22(20,21)15-9-10-16-13(11-15)3-2-4-17(16)19;1-5(8)6(2,3)4-7/h2-11,18-19H,1H3;4H2,1-3H3. The Morgan fingerprint density at radius 1 is 1.07 bits per heavy atom. The van der Waals surface area contributed by atoms with Crippen molar-refractivity contribution in [3.63, 3.8) is 0 Å². The van der Waals surface area contributed by atoms with E-state index in [1.54, 1.807) is 56.3 Å². The molecular formula is C23H26FNO4S. The van der Waals surface area contributed by atoms with Crippen LogP contribution >= 0.6 is 0 Å². The Hall–Kier alpha value is -2.93. The Labute approximate surface area is 176 Å². The Morgan fingerprint density at radius 2 is 1.70 bits per heavy atom. The lowest BCUT2D eigenvalue weighted by Gasteiger charge is -2.14. The number of rotatable bonds is 5. The van der Waals surface area contributed by atoms with Crippen LogP contribution in [0.4, 0.5) is 10.1 Å². The van der Waals surface area contributed by atoms with Gasteiger partial charge in [0.05, 0.1) is 10.3 Å². The van der Waals surface area contributed by atoms with Crippen molar-refractivity contribution < 1.29 is 22.7 Å². The number of phenolic OH excluding ortho intramolecular Hbond substituents is 1. The molecule has 0 saturated heterocycles. The van der Waals surface area contributed by atoms with Crippen molar-refractivity contribution in [3.05, 3.63) is 66.2 Å². The number of carbonyl (C=O) groups excluding carboxylic acids is 1. The summed E-state index contributed by atoms with van der Waals surface area (Å²) in [6.07, 6.45) is 0. The molecule has 30 heavy (non-hydrogen) atoms. The maximum Gasteiger partial charge on any atom is 0.261 e. The van der Waals surface area contributed by atoms with Gasteiger partial charge in [-0.05, 0) is 55.6 Å². The number of fused-ring (bicyclic) bond motifs is 1. The summed E-state index contributed by atoms with van der Waals surface area (Å²) < 4.78 is 39.2. The van der Waals surface area contributed by atoms with Crippen LogP contribution in [0.2, 0.25) is 0 Å². The van der Waals surface area contributed by atoms with Crippen molar-refractivity contribution >= 4 is 32.3 Å². The first-order valence-corrected chi connectivity index (χ1v) is 10.8. The molecule has 3 aromatic carbocycles. The first kappa shape index (κ1) is 23.3. The van der Waals surface area contributed by atoms with Gasteiger partial charge in [-0.3, -0.25) is 13.9 Å². The van der Waals surface area contributed by atoms with Crippen molar-refractivity contribution in [3.8, 4) is 5.75 Å². The normalized spacial score (nSPS) is 11.5. The van der Waals surface area contributed by atoms with E-state index in [2.05, 4.69) is 4.72 Å². The molecular weight excluding hydrogens is 405 g/mol. The highest BCUT2D eigenvalue weighted by molar-refractivity contribution is 7.92. The van der Waals surface area contributed by atoms with Gasteiger partial charge in [0.2, 0.25) is 0 Å². The second-order valence-corrected chi connectivity index (χ2v) is 9.39. The average molecular weight is 432 g/mol. The third-order valence-corrected chi connectivity index (χ3v) is 6.11. The van der Waals surface area contributed by atoms with Crippen molar-refractivity contribution in [1.29, 1.82) is 0 Å². The summed E-state index contributed by atoms with van der Waals surface area (Å²) in [5.41, 5.74) is 0.811. The zero-order chi connectivity index (χ0) is 22.5. The first-order chi connectivity index (χ1) is 14.0. The van der Waals surface area contributed by atoms with Gasteiger partial charge < -0.3 is 5.11 Å². The number of hydrogen-bond acceptors (Lipinski definition) is 4. The number of aromatic hydroxyl groups is 1. The van der Waals surface area contributed by atoms with E-state index in [0.717, 1.165) is 5.56 Å². The predicted molar refractivity (Wildman–Crippen MR) is 118 cm³/mol. The maximum atomic E-state index is 12.4. The fraction of sp³-hybridized carbons (Fsp3) is 0.261. The number of hydrogen-bond donors (Lipinski definition) is 2. The summed E-state index contributed by atoms with van der Waals surface area (Å²) in [6.45, 7) is 5.96. The number of alkyl halides is 1. The molecule has 0 saturated carbocycles. The Bertz CT molecular complexity index is 1140. The summed E-state index contributed by atoms with van der Waals surface area (Å²) in [4.78, 5) is 10.6. The van der Waals surface area contributed by atoms with Crippen LogP contribution in [0.3, 0.4) is 0 Å². The van der Waals surface area contributed by atoms with Crippen LogP contribution in [0, 0.1) is 12.3 Å². The zero-order valence-electron chi connectivity index (χ0n) is 17.4. The molecule has 7 heteroatoms. The van der Waals surface area contributed by atoms with E-state index in [-0.39, 0.29) is 16.4 Å². The van der Waals surface area contributed by atoms with Crippen LogP contribution in [0.5, 0.6) is 5.75 Å². The third-order valence-electron chi connectivity index (χ3n) is 4.73. The molecule has 0 fully saturated rings. The fourth-order valence-electron chi connectivity index (χ4n) is 2.34. The summed E-state index contributed by atoms with van der Waals surface area (Å²) in [7, 11) is -3.66. The molecule has 160 valence electrons. The molecule has 0 spiro atoms. The second kappa shape index (κ2) is 9.26. The number of sulfonamides is 1. The van der Waals surface area contributed by atoms with Crippen LogP contribution in [-0.4, -0.2) is 26.0 Å². The Morgan fingerprint density at radius 3 is 2.23 bits per heavy atom.